The maximum Gasteiger partial charge on any atom is 0.407 e. The summed E-state index contributed by atoms with van der Waals surface area (Å²) >= 11 is 0. The number of carbonyl (C=O) groups excluding carboxylic acids is 2. The Balaban J connectivity index is 1.64. The Morgan fingerprint density at radius 1 is 0.917 bits per heavy atom. The molecule has 0 radical (unpaired) electrons. The molecule has 0 aliphatic heterocycles. The molecule has 0 bridgehead atoms. The molecule has 0 aliphatic carbocycles. The molecule has 0 aliphatic rings. The van der Waals surface area contributed by atoms with Crippen molar-refractivity contribution in [2.75, 3.05) is 6.61 Å². The lowest BCUT2D eigenvalue weighted by atomic mass is 10.2. The molecule has 0 fully saturated rings. The summed E-state index contributed by atoms with van der Waals surface area (Å²) in [6.45, 7) is 2.05. The summed E-state index contributed by atoms with van der Waals surface area (Å²) in [6.07, 6.45) is -0.322. The van der Waals surface area contributed by atoms with E-state index >= 15 is 0 Å². The number of hydrogen-bond donors (Lipinski definition) is 1. The van der Waals surface area contributed by atoms with Crippen LogP contribution in [0.2, 0.25) is 0 Å². The monoisotopic (exact) mass is 327 g/mol. The molecule has 24 heavy (non-hydrogen) atoms. The van der Waals surface area contributed by atoms with E-state index in [1.807, 2.05) is 60.7 Å². The molecule has 0 saturated carbocycles. The number of hydrogen-bond acceptors (Lipinski definition) is 4. The molecule has 1 unspecified atom stereocenters. The van der Waals surface area contributed by atoms with Crippen molar-refractivity contribution in [2.45, 2.75) is 26.0 Å². The highest BCUT2D eigenvalue weighted by Crippen LogP contribution is 2.02. The summed E-state index contributed by atoms with van der Waals surface area (Å²) in [5, 5.41) is 2.63. The Hall–Kier alpha value is -2.82. The molecule has 1 amide bonds. The van der Waals surface area contributed by atoms with Gasteiger partial charge in [-0.2, -0.15) is 0 Å². The van der Waals surface area contributed by atoms with Crippen molar-refractivity contribution in [2.24, 2.45) is 0 Å². The van der Waals surface area contributed by atoms with E-state index in [4.69, 9.17) is 9.47 Å². The number of esters is 1. The molecular formula is C19H21NO4. The molecule has 2 rings (SSSR count). The highest BCUT2D eigenvalue weighted by atomic mass is 16.6. The number of carbonyl (C=O) groups is 2. The molecule has 5 nitrogen and oxygen atoms in total. The predicted molar refractivity (Wildman–Crippen MR) is 90.3 cm³/mol. The van der Waals surface area contributed by atoms with E-state index < -0.39 is 6.09 Å². The molecule has 0 saturated heterocycles. The third-order valence-corrected chi connectivity index (χ3v) is 3.26. The van der Waals surface area contributed by atoms with E-state index in [0.29, 0.717) is 0 Å². The molecule has 0 aromatic heterocycles. The first kappa shape index (κ1) is 17.5. The van der Waals surface area contributed by atoms with Crippen molar-refractivity contribution in [3.8, 4) is 0 Å². The van der Waals surface area contributed by atoms with Crippen LogP contribution < -0.4 is 5.32 Å². The Kier molecular flexibility index (Phi) is 6.83. The number of benzene rings is 2. The highest BCUT2D eigenvalue weighted by molar-refractivity contribution is 5.72. The average molecular weight is 327 g/mol. The van der Waals surface area contributed by atoms with Gasteiger partial charge in [-0.1, -0.05) is 60.7 Å². The van der Waals surface area contributed by atoms with Crippen LogP contribution in [0.4, 0.5) is 4.79 Å². The standard InChI is InChI=1S/C19H21NO4/c1-15(13-23-18(21)12-16-8-4-2-5-9-16)20-19(22)24-14-17-10-6-3-7-11-17/h2-11,15H,12-14H2,1H3,(H,20,22). The van der Waals surface area contributed by atoms with Gasteiger partial charge in [0.25, 0.3) is 0 Å². The van der Waals surface area contributed by atoms with Gasteiger partial charge in [0, 0.05) is 0 Å². The molecule has 2 aromatic carbocycles. The zero-order valence-corrected chi connectivity index (χ0v) is 13.6. The van der Waals surface area contributed by atoms with Gasteiger partial charge in [-0.3, -0.25) is 4.79 Å². The van der Waals surface area contributed by atoms with Gasteiger partial charge in [-0.25, -0.2) is 4.79 Å². The van der Waals surface area contributed by atoms with Gasteiger partial charge < -0.3 is 14.8 Å². The van der Waals surface area contributed by atoms with Gasteiger partial charge in [-0.05, 0) is 18.1 Å². The van der Waals surface area contributed by atoms with Crippen molar-refractivity contribution in [3.05, 3.63) is 71.8 Å². The van der Waals surface area contributed by atoms with E-state index in [1.165, 1.54) is 0 Å². The van der Waals surface area contributed by atoms with E-state index in [0.717, 1.165) is 11.1 Å². The Bertz CT molecular complexity index is 643. The number of amides is 1. The van der Waals surface area contributed by atoms with E-state index in [2.05, 4.69) is 5.32 Å². The fourth-order valence-electron chi connectivity index (χ4n) is 2.04. The third kappa shape index (κ3) is 6.52. The van der Waals surface area contributed by atoms with Crippen LogP contribution in [0, 0.1) is 0 Å². The first-order chi connectivity index (χ1) is 11.6. The van der Waals surface area contributed by atoms with Crippen LogP contribution >= 0.6 is 0 Å². The number of ether oxygens (including phenoxy) is 2. The topological polar surface area (TPSA) is 64.6 Å². The Morgan fingerprint density at radius 3 is 2.12 bits per heavy atom. The fraction of sp³-hybridized carbons (Fsp3) is 0.263. The minimum atomic E-state index is -0.537. The maximum atomic E-state index is 11.7. The summed E-state index contributed by atoms with van der Waals surface area (Å²) in [5.74, 6) is -0.326. The highest BCUT2D eigenvalue weighted by Gasteiger charge is 2.11. The summed E-state index contributed by atoms with van der Waals surface area (Å²) in [7, 11) is 0. The normalized spacial score (nSPS) is 11.4. The van der Waals surface area contributed by atoms with Gasteiger partial charge in [0.2, 0.25) is 0 Å². The van der Waals surface area contributed by atoms with Crippen LogP contribution in [0.5, 0.6) is 0 Å². The number of rotatable bonds is 7. The lowest BCUT2D eigenvalue weighted by Gasteiger charge is -2.14. The van der Waals surface area contributed by atoms with Crippen molar-refractivity contribution in [1.29, 1.82) is 0 Å². The minimum Gasteiger partial charge on any atom is -0.463 e. The second-order valence-electron chi connectivity index (χ2n) is 5.45. The fourth-order valence-corrected chi connectivity index (χ4v) is 2.04. The van der Waals surface area contributed by atoms with Gasteiger partial charge >= 0.3 is 12.1 Å². The van der Waals surface area contributed by atoms with E-state index in [1.54, 1.807) is 6.92 Å². The van der Waals surface area contributed by atoms with Crippen molar-refractivity contribution in [3.63, 3.8) is 0 Å². The zero-order valence-electron chi connectivity index (χ0n) is 13.6. The summed E-state index contributed by atoms with van der Waals surface area (Å²) in [4.78, 5) is 23.4. The first-order valence-electron chi connectivity index (χ1n) is 7.80. The van der Waals surface area contributed by atoms with Crippen LogP contribution in [0.15, 0.2) is 60.7 Å². The van der Waals surface area contributed by atoms with Crippen LogP contribution in [0.1, 0.15) is 18.1 Å². The zero-order chi connectivity index (χ0) is 17.2. The predicted octanol–water partition coefficient (Wildman–Crippen LogP) is 3.09. The molecule has 1 N–H and O–H groups in total. The Morgan fingerprint density at radius 2 is 1.50 bits per heavy atom. The first-order valence-corrected chi connectivity index (χ1v) is 7.80. The molecule has 0 heterocycles. The quantitative estimate of drug-likeness (QED) is 0.794. The minimum absolute atomic E-state index is 0.103. The summed E-state index contributed by atoms with van der Waals surface area (Å²) < 4.78 is 10.3. The van der Waals surface area contributed by atoms with Crippen LogP contribution in [-0.2, 0) is 27.3 Å². The van der Waals surface area contributed by atoms with E-state index in [9.17, 15) is 9.59 Å². The van der Waals surface area contributed by atoms with Gasteiger partial charge in [-0.15, -0.1) is 0 Å². The van der Waals surface area contributed by atoms with Crippen LogP contribution in [0.25, 0.3) is 0 Å². The molecule has 126 valence electrons. The number of alkyl carbamates (subject to hydrolysis) is 1. The van der Waals surface area contributed by atoms with Crippen molar-refractivity contribution < 1.29 is 19.1 Å². The van der Waals surface area contributed by atoms with Crippen LogP contribution in [0.3, 0.4) is 0 Å². The maximum absolute atomic E-state index is 11.7. The van der Waals surface area contributed by atoms with Crippen molar-refractivity contribution in [1.82, 2.24) is 5.32 Å². The SMILES string of the molecule is CC(COC(=O)Cc1ccccc1)NC(=O)OCc1ccccc1. The molecule has 1 atom stereocenters. The van der Waals surface area contributed by atoms with Crippen molar-refractivity contribution >= 4 is 12.1 Å². The van der Waals surface area contributed by atoms with Gasteiger partial charge in [0.05, 0.1) is 12.5 Å². The lowest BCUT2D eigenvalue weighted by Crippen LogP contribution is -2.37. The summed E-state index contributed by atoms with van der Waals surface area (Å²) in [5.41, 5.74) is 1.81. The Labute approximate surface area is 141 Å². The number of nitrogens with one attached hydrogen (secondary N) is 1. The average Bonchev–Trinajstić information content (AvgIpc) is 2.60. The lowest BCUT2D eigenvalue weighted by molar-refractivity contribution is -0.143. The third-order valence-electron chi connectivity index (χ3n) is 3.26. The largest absolute Gasteiger partial charge is 0.463 e. The molecule has 0 spiro atoms. The second kappa shape index (κ2) is 9.35. The van der Waals surface area contributed by atoms with E-state index in [-0.39, 0.29) is 31.6 Å². The van der Waals surface area contributed by atoms with Gasteiger partial charge in [0.15, 0.2) is 0 Å². The molecular weight excluding hydrogens is 306 g/mol. The second-order valence-corrected chi connectivity index (χ2v) is 5.45. The molecule has 2 aromatic rings. The smallest absolute Gasteiger partial charge is 0.407 e. The van der Waals surface area contributed by atoms with Gasteiger partial charge in [0.1, 0.15) is 13.2 Å². The van der Waals surface area contributed by atoms with Crippen LogP contribution in [-0.4, -0.2) is 24.7 Å². The summed E-state index contributed by atoms with van der Waals surface area (Å²) in [6, 6.07) is 18.4. The molecule has 5 heteroatoms.